The summed E-state index contributed by atoms with van der Waals surface area (Å²) in [6, 6.07) is 28.0. The molecule has 39 heavy (non-hydrogen) atoms. The molecule has 0 saturated carbocycles. The van der Waals surface area contributed by atoms with Crippen LogP contribution in [0.3, 0.4) is 0 Å². The average molecular weight is 524 g/mol. The van der Waals surface area contributed by atoms with Gasteiger partial charge in [0.1, 0.15) is 29.7 Å². The number of aromatic nitrogens is 3. The number of ether oxygens (including phenoxy) is 1. The molecule has 9 heteroatoms. The average Bonchev–Trinajstić information content (AvgIpc) is 3.38. The van der Waals surface area contributed by atoms with Crippen LogP contribution in [-0.2, 0) is 22.7 Å². The summed E-state index contributed by atoms with van der Waals surface area (Å²) in [5.41, 5.74) is 2.58. The van der Waals surface area contributed by atoms with Crippen LogP contribution in [0.4, 0.5) is 10.1 Å². The van der Waals surface area contributed by atoms with Crippen LogP contribution in [0.15, 0.2) is 103 Å². The first kappa shape index (κ1) is 25.6. The van der Waals surface area contributed by atoms with Gasteiger partial charge < -0.3 is 10.1 Å². The first-order valence-corrected chi connectivity index (χ1v) is 12.4. The third-order valence-corrected chi connectivity index (χ3v) is 6.32. The van der Waals surface area contributed by atoms with Crippen LogP contribution < -0.4 is 15.0 Å². The Bertz CT molecular complexity index is 1600. The highest BCUT2D eigenvalue weighted by Gasteiger charge is 2.35. The van der Waals surface area contributed by atoms with Gasteiger partial charge in [0.2, 0.25) is 11.8 Å². The molecular formula is C30H26FN5O3. The lowest BCUT2D eigenvalue weighted by atomic mass is 10.0. The smallest absolute Gasteiger partial charge is 0.249 e. The maximum atomic E-state index is 15.3. The van der Waals surface area contributed by atoms with Crippen molar-refractivity contribution in [2.24, 2.45) is 0 Å². The van der Waals surface area contributed by atoms with Crippen molar-refractivity contribution in [2.75, 3.05) is 12.0 Å². The molecule has 0 aliphatic carbocycles. The van der Waals surface area contributed by atoms with Crippen LogP contribution in [0.2, 0.25) is 0 Å². The fraction of sp³-hybridized carbons (Fsp3) is 0.133. The van der Waals surface area contributed by atoms with Crippen LogP contribution in [-0.4, -0.2) is 33.9 Å². The number of hydrogen-bond donors (Lipinski definition) is 1. The number of amides is 2. The summed E-state index contributed by atoms with van der Waals surface area (Å²) in [5.74, 6) is -1.15. The molecule has 2 amide bonds. The second kappa shape index (κ2) is 11.6. The number of rotatable bonds is 9. The minimum atomic E-state index is -1.32. The Kier molecular flexibility index (Phi) is 7.58. The fourth-order valence-electron chi connectivity index (χ4n) is 4.41. The van der Waals surface area contributed by atoms with Crippen molar-refractivity contribution in [3.63, 3.8) is 0 Å². The molecule has 1 aromatic heterocycles. The zero-order valence-corrected chi connectivity index (χ0v) is 21.2. The second-order valence-corrected chi connectivity index (χ2v) is 8.83. The van der Waals surface area contributed by atoms with Gasteiger partial charge >= 0.3 is 0 Å². The standard InChI is InChI=1S/C30H26FN5O3/c1-39-23-13-9-12-22(18-23)36(28(37)20-35-27-17-8-7-16-26(27)33-34-35)29(24-14-5-6-15-25(24)31)30(38)32-19-21-10-3-2-4-11-21/h2-18,29H,19-20H2,1H3,(H,32,38). The molecule has 0 bridgehead atoms. The van der Waals surface area contributed by atoms with Gasteiger partial charge in [-0.1, -0.05) is 71.9 Å². The Morgan fingerprint density at radius 1 is 0.949 bits per heavy atom. The lowest BCUT2D eigenvalue weighted by Crippen LogP contribution is -2.45. The van der Waals surface area contributed by atoms with Crippen molar-refractivity contribution in [2.45, 2.75) is 19.1 Å². The van der Waals surface area contributed by atoms with Crippen LogP contribution >= 0.6 is 0 Å². The number of nitrogens with zero attached hydrogens (tertiary/aromatic N) is 4. The maximum absolute atomic E-state index is 15.3. The molecule has 0 aliphatic heterocycles. The van der Waals surface area contributed by atoms with Crippen LogP contribution in [0.5, 0.6) is 5.75 Å². The number of benzene rings is 4. The molecule has 196 valence electrons. The Morgan fingerprint density at radius 2 is 1.69 bits per heavy atom. The molecule has 4 aromatic carbocycles. The van der Waals surface area contributed by atoms with Gasteiger partial charge in [-0.05, 0) is 35.9 Å². The zero-order chi connectivity index (χ0) is 27.2. The predicted octanol–water partition coefficient (Wildman–Crippen LogP) is 4.67. The number of fused-ring (bicyclic) bond motifs is 1. The van der Waals surface area contributed by atoms with Gasteiger partial charge in [0.25, 0.3) is 0 Å². The molecular weight excluding hydrogens is 497 g/mol. The van der Waals surface area contributed by atoms with Crippen LogP contribution in [0, 0.1) is 5.82 Å². The largest absolute Gasteiger partial charge is 0.497 e. The monoisotopic (exact) mass is 523 g/mol. The lowest BCUT2D eigenvalue weighted by molar-refractivity contribution is -0.127. The third-order valence-electron chi connectivity index (χ3n) is 6.32. The van der Waals surface area contributed by atoms with Gasteiger partial charge in [-0.25, -0.2) is 9.07 Å². The van der Waals surface area contributed by atoms with Crippen LogP contribution in [0.1, 0.15) is 17.2 Å². The van der Waals surface area contributed by atoms with E-state index in [9.17, 15) is 9.59 Å². The predicted molar refractivity (Wildman–Crippen MR) is 145 cm³/mol. The molecule has 0 fully saturated rings. The second-order valence-electron chi connectivity index (χ2n) is 8.83. The van der Waals surface area contributed by atoms with Gasteiger partial charge in [-0.3, -0.25) is 14.5 Å². The summed E-state index contributed by atoms with van der Waals surface area (Å²) in [4.78, 5) is 29.2. The topological polar surface area (TPSA) is 89.3 Å². The van der Waals surface area contributed by atoms with Gasteiger partial charge in [-0.15, -0.1) is 5.10 Å². The molecule has 0 saturated heterocycles. The van der Waals surface area contributed by atoms with Crippen LogP contribution in [0.25, 0.3) is 11.0 Å². The summed E-state index contributed by atoms with van der Waals surface area (Å²) < 4.78 is 22.1. The molecule has 1 atom stereocenters. The van der Waals surface area contributed by atoms with E-state index in [-0.39, 0.29) is 18.7 Å². The molecule has 1 unspecified atom stereocenters. The molecule has 0 aliphatic rings. The third kappa shape index (κ3) is 5.62. The van der Waals surface area contributed by atoms with Crippen molar-refractivity contribution in [1.82, 2.24) is 20.3 Å². The number of anilines is 1. The van der Waals surface area contributed by atoms with E-state index in [0.717, 1.165) is 5.56 Å². The summed E-state index contributed by atoms with van der Waals surface area (Å²) in [7, 11) is 1.51. The number of nitrogens with one attached hydrogen (secondary N) is 1. The Labute approximate surface area is 224 Å². The molecule has 5 rings (SSSR count). The summed E-state index contributed by atoms with van der Waals surface area (Å²) >= 11 is 0. The summed E-state index contributed by atoms with van der Waals surface area (Å²) in [6.07, 6.45) is 0. The molecule has 0 radical (unpaired) electrons. The summed E-state index contributed by atoms with van der Waals surface area (Å²) in [5, 5.41) is 11.1. The normalized spacial score (nSPS) is 11.6. The van der Waals surface area contributed by atoms with E-state index in [1.54, 1.807) is 42.5 Å². The van der Waals surface area contributed by atoms with Gasteiger partial charge in [-0.2, -0.15) is 0 Å². The highest BCUT2D eigenvalue weighted by Crippen LogP contribution is 2.32. The Morgan fingerprint density at radius 3 is 2.49 bits per heavy atom. The van der Waals surface area contributed by atoms with E-state index in [2.05, 4.69) is 15.6 Å². The van der Waals surface area contributed by atoms with Crippen molar-refractivity contribution < 1.29 is 18.7 Å². The molecule has 1 heterocycles. The number of methoxy groups -OCH3 is 1. The van der Waals surface area contributed by atoms with Gasteiger partial charge in [0, 0.05) is 23.9 Å². The number of halogens is 1. The van der Waals surface area contributed by atoms with Crippen molar-refractivity contribution >= 4 is 28.5 Å². The number of hydrogen-bond acceptors (Lipinski definition) is 5. The van der Waals surface area contributed by atoms with E-state index in [1.807, 2.05) is 42.5 Å². The molecule has 0 spiro atoms. The quantitative estimate of drug-likeness (QED) is 0.303. The Balaban J connectivity index is 1.58. The van der Waals surface area contributed by atoms with E-state index in [1.165, 1.54) is 34.9 Å². The molecule has 1 N–H and O–H groups in total. The highest BCUT2D eigenvalue weighted by molar-refractivity contribution is 6.01. The van der Waals surface area contributed by atoms with Gasteiger partial charge in [0.05, 0.1) is 12.6 Å². The summed E-state index contributed by atoms with van der Waals surface area (Å²) in [6.45, 7) is -0.0207. The molecule has 8 nitrogen and oxygen atoms in total. The van der Waals surface area contributed by atoms with E-state index in [4.69, 9.17) is 4.74 Å². The van der Waals surface area contributed by atoms with E-state index < -0.39 is 23.7 Å². The minimum absolute atomic E-state index is 0.0580. The first-order valence-electron chi connectivity index (χ1n) is 12.4. The zero-order valence-electron chi connectivity index (χ0n) is 21.2. The molecule has 5 aromatic rings. The van der Waals surface area contributed by atoms with Crippen molar-refractivity contribution in [3.8, 4) is 5.75 Å². The van der Waals surface area contributed by atoms with Crippen molar-refractivity contribution in [3.05, 3.63) is 120 Å². The highest BCUT2D eigenvalue weighted by atomic mass is 19.1. The lowest BCUT2D eigenvalue weighted by Gasteiger charge is -2.32. The SMILES string of the molecule is COc1cccc(N(C(=O)Cn2nnc3ccccc32)C(C(=O)NCc2ccccc2)c2ccccc2F)c1. The number of para-hydroxylation sites is 1. The van der Waals surface area contributed by atoms with E-state index in [0.29, 0.717) is 22.5 Å². The fourth-order valence-corrected chi connectivity index (χ4v) is 4.41. The number of carbonyl (C=O) groups is 2. The number of carbonyl (C=O) groups excluding carboxylic acids is 2. The Hall–Kier alpha value is -5.05. The van der Waals surface area contributed by atoms with Gasteiger partial charge in [0.15, 0.2) is 0 Å². The van der Waals surface area contributed by atoms with E-state index >= 15 is 4.39 Å². The van der Waals surface area contributed by atoms with Crippen molar-refractivity contribution in [1.29, 1.82) is 0 Å². The minimum Gasteiger partial charge on any atom is -0.497 e. The first-order chi connectivity index (χ1) is 19.0. The maximum Gasteiger partial charge on any atom is 0.249 e.